The molecule has 0 aliphatic heterocycles. The quantitative estimate of drug-likeness (QED) is 0.511. The van der Waals surface area contributed by atoms with Gasteiger partial charge < -0.3 is 21.1 Å². The number of hydrogen-bond acceptors (Lipinski definition) is 4. The molecule has 0 unspecified atom stereocenters. The lowest BCUT2D eigenvalue weighted by Gasteiger charge is -2.10. The molecule has 0 saturated heterocycles. The third-order valence-corrected chi connectivity index (χ3v) is 3.12. The van der Waals surface area contributed by atoms with Crippen LogP contribution in [0.2, 0.25) is 0 Å². The first-order valence-electron chi connectivity index (χ1n) is 6.86. The minimum Gasteiger partial charge on any atom is -0.398 e. The fourth-order valence-electron chi connectivity index (χ4n) is 1.88. The van der Waals surface area contributed by atoms with Crippen molar-refractivity contribution in [1.82, 2.24) is 10.6 Å². The molecule has 0 heterocycles. The Kier molecular flexibility index (Phi) is 6.68. The maximum Gasteiger partial charge on any atom is 0.251 e. The van der Waals surface area contributed by atoms with Crippen molar-refractivity contribution in [3.05, 3.63) is 28.8 Å². The standard InChI is InChI=1S/C15H23N3O3/c1-10-8-11(2)13(16)9-12(10)15(20)18-5-4-14(19)17-6-7-21-3/h8-9H,4-7,16H2,1-3H3,(H,17,19)(H,18,20). The Hall–Kier alpha value is -2.08. The zero-order valence-corrected chi connectivity index (χ0v) is 12.8. The zero-order chi connectivity index (χ0) is 15.8. The Bertz CT molecular complexity index is 515. The molecular formula is C15H23N3O3. The van der Waals surface area contributed by atoms with Crippen molar-refractivity contribution in [3.63, 3.8) is 0 Å². The van der Waals surface area contributed by atoms with Gasteiger partial charge in [-0.15, -0.1) is 0 Å². The lowest BCUT2D eigenvalue weighted by Crippen LogP contribution is -2.32. The lowest BCUT2D eigenvalue weighted by molar-refractivity contribution is -0.121. The summed E-state index contributed by atoms with van der Waals surface area (Å²) < 4.78 is 4.83. The summed E-state index contributed by atoms with van der Waals surface area (Å²) in [6, 6.07) is 3.54. The SMILES string of the molecule is COCCNC(=O)CCNC(=O)c1cc(N)c(C)cc1C. The number of nitrogens with two attached hydrogens (primary N) is 1. The maximum absolute atomic E-state index is 12.1. The molecule has 0 bridgehead atoms. The molecule has 116 valence electrons. The number of carbonyl (C=O) groups is 2. The minimum atomic E-state index is -0.219. The van der Waals surface area contributed by atoms with E-state index >= 15 is 0 Å². The number of amides is 2. The molecule has 0 fully saturated rings. The number of nitrogens with one attached hydrogen (secondary N) is 2. The van der Waals surface area contributed by atoms with E-state index in [1.165, 1.54) is 0 Å². The molecule has 1 rings (SSSR count). The average Bonchev–Trinajstić information content (AvgIpc) is 2.43. The third-order valence-electron chi connectivity index (χ3n) is 3.12. The number of rotatable bonds is 7. The van der Waals surface area contributed by atoms with Crippen LogP contribution in [0.1, 0.15) is 27.9 Å². The topological polar surface area (TPSA) is 93.5 Å². The molecule has 4 N–H and O–H groups in total. The maximum atomic E-state index is 12.1. The Balaban J connectivity index is 2.44. The highest BCUT2D eigenvalue weighted by Crippen LogP contribution is 2.17. The van der Waals surface area contributed by atoms with Crippen LogP contribution in [0.15, 0.2) is 12.1 Å². The Morgan fingerprint density at radius 3 is 2.52 bits per heavy atom. The monoisotopic (exact) mass is 293 g/mol. The van der Waals surface area contributed by atoms with Crippen LogP contribution < -0.4 is 16.4 Å². The van der Waals surface area contributed by atoms with Crippen LogP contribution in [0.3, 0.4) is 0 Å². The van der Waals surface area contributed by atoms with Crippen molar-refractivity contribution in [2.24, 2.45) is 0 Å². The van der Waals surface area contributed by atoms with E-state index in [4.69, 9.17) is 10.5 Å². The molecule has 0 aromatic heterocycles. The number of ether oxygens (including phenoxy) is 1. The van der Waals surface area contributed by atoms with Crippen molar-refractivity contribution >= 4 is 17.5 Å². The summed E-state index contributed by atoms with van der Waals surface area (Å²) in [5, 5.41) is 5.41. The van der Waals surface area contributed by atoms with Gasteiger partial charge in [0.1, 0.15) is 0 Å². The summed E-state index contributed by atoms with van der Waals surface area (Å²) in [4.78, 5) is 23.5. The highest BCUT2D eigenvalue weighted by molar-refractivity contribution is 5.96. The average molecular weight is 293 g/mol. The molecule has 1 aromatic carbocycles. The lowest BCUT2D eigenvalue weighted by atomic mass is 10.0. The van der Waals surface area contributed by atoms with Gasteiger partial charge in [-0.05, 0) is 31.0 Å². The van der Waals surface area contributed by atoms with Gasteiger partial charge in [0.15, 0.2) is 0 Å². The van der Waals surface area contributed by atoms with Crippen LogP contribution >= 0.6 is 0 Å². The van der Waals surface area contributed by atoms with E-state index in [1.807, 2.05) is 19.9 Å². The van der Waals surface area contributed by atoms with Gasteiger partial charge in [0.05, 0.1) is 6.61 Å². The second-order valence-corrected chi connectivity index (χ2v) is 4.87. The molecule has 0 atom stereocenters. The van der Waals surface area contributed by atoms with E-state index in [0.717, 1.165) is 11.1 Å². The molecule has 6 heteroatoms. The normalized spacial score (nSPS) is 10.2. The van der Waals surface area contributed by atoms with Crippen LogP contribution in [0.4, 0.5) is 5.69 Å². The highest BCUT2D eigenvalue weighted by atomic mass is 16.5. The Morgan fingerprint density at radius 1 is 1.14 bits per heavy atom. The van der Waals surface area contributed by atoms with Gasteiger partial charge in [-0.1, -0.05) is 6.07 Å². The summed E-state index contributed by atoms with van der Waals surface area (Å²) in [5.74, 6) is -0.337. The van der Waals surface area contributed by atoms with E-state index in [-0.39, 0.29) is 24.8 Å². The van der Waals surface area contributed by atoms with Gasteiger partial charge in [-0.2, -0.15) is 0 Å². The van der Waals surface area contributed by atoms with Crippen molar-refractivity contribution in [3.8, 4) is 0 Å². The van der Waals surface area contributed by atoms with Crippen molar-refractivity contribution in [1.29, 1.82) is 0 Å². The fraction of sp³-hybridized carbons (Fsp3) is 0.467. The summed E-state index contributed by atoms with van der Waals surface area (Å²) in [7, 11) is 1.57. The highest BCUT2D eigenvalue weighted by Gasteiger charge is 2.11. The van der Waals surface area contributed by atoms with Gasteiger partial charge in [0.25, 0.3) is 5.91 Å². The summed E-state index contributed by atoms with van der Waals surface area (Å²) >= 11 is 0. The van der Waals surface area contributed by atoms with Gasteiger partial charge in [-0.3, -0.25) is 9.59 Å². The van der Waals surface area contributed by atoms with Crippen molar-refractivity contribution < 1.29 is 14.3 Å². The van der Waals surface area contributed by atoms with E-state index in [1.54, 1.807) is 13.2 Å². The molecule has 1 aromatic rings. The molecule has 21 heavy (non-hydrogen) atoms. The number of methoxy groups -OCH3 is 1. The molecule has 0 spiro atoms. The Morgan fingerprint density at radius 2 is 1.86 bits per heavy atom. The summed E-state index contributed by atoms with van der Waals surface area (Å²) in [6.07, 6.45) is 0.232. The molecule has 0 radical (unpaired) electrons. The second-order valence-electron chi connectivity index (χ2n) is 4.87. The number of hydrogen-bond donors (Lipinski definition) is 3. The van der Waals surface area contributed by atoms with Crippen LogP contribution in [-0.4, -0.2) is 38.6 Å². The van der Waals surface area contributed by atoms with Crippen molar-refractivity contribution in [2.75, 3.05) is 32.5 Å². The van der Waals surface area contributed by atoms with E-state index < -0.39 is 0 Å². The fourth-order valence-corrected chi connectivity index (χ4v) is 1.88. The van der Waals surface area contributed by atoms with Crippen LogP contribution in [0, 0.1) is 13.8 Å². The van der Waals surface area contributed by atoms with Gasteiger partial charge in [0.2, 0.25) is 5.91 Å². The predicted molar refractivity (Wildman–Crippen MR) is 82.2 cm³/mol. The first-order valence-corrected chi connectivity index (χ1v) is 6.86. The van der Waals surface area contributed by atoms with Crippen LogP contribution in [0.25, 0.3) is 0 Å². The molecule has 0 aliphatic carbocycles. The number of anilines is 1. The third kappa shape index (κ3) is 5.43. The van der Waals surface area contributed by atoms with Gasteiger partial charge >= 0.3 is 0 Å². The van der Waals surface area contributed by atoms with Crippen LogP contribution in [-0.2, 0) is 9.53 Å². The predicted octanol–water partition coefficient (Wildman–Crippen LogP) is 0.768. The van der Waals surface area contributed by atoms with Gasteiger partial charge in [0, 0.05) is 37.9 Å². The molecule has 2 amide bonds. The largest absolute Gasteiger partial charge is 0.398 e. The minimum absolute atomic E-state index is 0.118. The summed E-state index contributed by atoms with van der Waals surface area (Å²) in [6.45, 7) is 4.98. The number of aryl methyl sites for hydroxylation is 2. The number of benzene rings is 1. The number of nitrogen functional groups attached to an aromatic ring is 1. The van der Waals surface area contributed by atoms with E-state index in [2.05, 4.69) is 10.6 Å². The van der Waals surface area contributed by atoms with Crippen LogP contribution in [0.5, 0.6) is 0 Å². The molecule has 6 nitrogen and oxygen atoms in total. The first-order chi connectivity index (χ1) is 9.95. The molecule has 0 saturated carbocycles. The smallest absolute Gasteiger partial charge is 0.251 e. The van der Waals surface area contributed by atoms with Gasteiger partial charge in [-0.25, -0.2) is 0 Å². The Labute approximate surface area is 125 Å². The van der Waals surface area contributed by atoms with E-state index in [0.29, 0.717) is 24.4 Å². The number of carbonyl (C=O) groups excluding carboxylic acids is 2. The van der Waals surface area contributed by atoms with Crippen molar-refractivity contribution in [2.45, 2.75) is 20.3 Å². The molecule has 0 aliphatic rings. The van der Waals surface area contributed by atoms with E-state index in [9.17, 15) is 9.59 Å². The first kappa shape index (κ1) is 17.0. The molecular weight excluding hydrogens is 270 g/mol. The zero-order valence-electron chi connectivity index (χ0n) is 12.8. The second kappa shape index (κ2) is 8.26. The summed E-state index contributed by atoms with van der Waals surface area (Å²) in [5.41, 5.74) is 8.75.